The lowest BCUT2D eigenvalue weighted by molar-refractivity contribution is -0.115. The van der Waals surface area contributed by atoms with Gasteiger partial charge >= 0.3 is 0 Å². The molecule has 1 atom stereocenters. The molecule has 4 nitrogen and oxygen atoms in total. The summed E-state index contributed by atoms with van der Waals surface area (Å²) in [4.78, 5) is 19.8. The molecule has 29 heavy (non-hydrogen) atoms. The summed E-state index contributed by atoms with van der Waals surface area (Å²) in [5, 5.41) is 4.06. The van der Waals surface area contributed by atoms with Crippen molar-refractivity contribution in [3.05, 3.63) is 63.5 Å². The van der Waals surface area contributed by atoms with Gasteiger partial charge in [-0.2, -0.15) is 0 Å². The summed E-state index contributed by atoms with van der Waals surface area (Å²) in [6.45, 7) is 6.76. The highest BCUT2D eigenvalue weighted by Crippen LogP contribution is 2.45. The summed E-state index contributed by atoms with van der Waals surface area (Å²) in [6, 6.07) is 13.7. The van der Waals surface area contributed by atoms with Gasteiger partial charge in [0.25, 0.3) is 5.91 Å². The van der Waals surface area contributed by atoms with Crippen LogP contribution in [-0.4, -0.2) is 23.7 Å². The van der Waals surface area contributed by atoms with Gasteiger partial charge in [0, 0.05) is 23.3 Å². The Morgan fingerprint density at radius 1 is 1.28 bits per heavy atom. The first-order valence-corrected chi connectivity index (χ1v) is 10.9. The topological polar surface area (TPSA) is 44.7 Å². The Morgan fingerprint density at radius 2 is 2.00 bits per heavy atom. The Hall–Kier alpha value is -2.24. The third kappa shape index (κ3) is 3.94. The number of nitrogens with zero attached hydrogens (tertiary/aromatic N) is 2. The fourth-order valence-corrected chi connectivity index (χ4v) is 5.00. The lowest BCUT2D eigenvalue weighted by Crippen LogP contribution is -2.45. The molecule has 6 heteroatoms. The van der Waals surface area contributed by atoms with Crippen molar-refractivity contribution in [1.29, 1.82) is 0 Å². The first-order valence-electron chi connectivity index (χ1n) is 9.66. The lowest BCUT2D eigenvalue weighted by Gasteiger charge is -2.45. The maximum atomic E-state index is 12.4. The molecule has 1 fully saturated rings. The van der Waals surface area contributed by atoms with E-state index < -0.39 is 0 Å². The molecule has 1 saturated heterocycles. The van der Waals surface area contributed by atoms with Crippen LogP contribution in [0.3, 0.4) is 0 Å². The zero-order valence-electron chi connectivity index (χ0n) is 17.0. The lowest BCUT2D eigenvalue weighted by atomic mass is 9.80. The van der Waals surface area contributed by atoms with E-state index in [2.05, 4.69) is 49.1 Å². The molecule has 0 saturated carbocycles. The molecule has 0 spiro atoms. The fourth-order valence-electron chi connectivity index (χ4n) is 3.96. The highest BCUT2D eigenvalue weighted by molar-refractivity contribution is 8.18. The number of aliphatic imine (C=N–C) groups is 1. The van der Waals surface area contributed by atoms with Gasteiger partial charge in [0.15, 0.2) is 5.17 Å². The number of amidine groups is 1. The SMILES string of the molecule is C[C@H]1CC(C)(C)N(C)c2cc(Cl)c(/C=C3\SC(=Nc4ccccc4)NC3=O)cc21. The number of para-hydroxylation sites is 1. The Morgan fingerprint density at radius 3 is 2.72 bits per heavy atom. The van der Waals surface area contributed by atoms with Crippen LogP contribution in [-0.2, 0) is 4.79 Å². The van der Waals surface area contributed by atoms with Crippen molar-refractivity contribution in [2.75, 3.05) is 11.9 Å². The van der Waals surface area contributed by atoms with E-state index in [1.165, 1.54) is 17.3 Å². The molecule has 0 aromatic heterocycles. The second kappa shape index (κ2) is 7.54. The van der Waals surface area contributed by atoms with Gasteiger partial charge in [0.05, 0.1) is 10.6 Å². The van der Waals surface area contributed by atoms with Crippen LogP contribution >= 0.6 is 23.4 Å². The zero-order valence-corrected chi connectivity index (χ0v) is 18.6. The molecule has 2 aromatic rings. The molecule has 2 aliphatic heterocycles. The highest BCUT2D eigenvalue weighted by Gasteiger charge is 2.34. The van der Waals surface area contributed by atoms with Crippen molar-refractivity contribution in [3.8, 4) is 0 Å². The van der Waals surface area contributed by atoms with Gasteiger partial charge in [-0.1, -0.05) is 36.7 Å². The van der Waals surface area contributed by atoms with Crippen LogP contribution in [0.15, 0.2) is 52.4 Å². The minimum Gasteiger partial charge on any atom is -0.369 e. The number of rotatable bonds is 2. The van der Waals surface area contributed by atoms with Crippen molar-refractivity contribution in [3.63, 3.8) is 0 Å². The number of halogens is 1. The van der Waals surface area contributed by atoms with Gasteiger partial charge in [0.1, 0.15) is 0 Å². The van der Waals surface area contributed by atoms with E-state index in [1.807, 2.05) is 42.5 Å². The number of amides is 1. The first-order chi connectivity index (χ1) is 13.7. The van der Waals surface area contributed by atoms with Crippen LogP contribution in [0.4, 0.5) is 11.4 Å². The Labute approximate surface area is 181 Å². The van der Waals surface area contributed by atoms with E-state index in [1.54, 1.807) is 0 Å². The summed E-state index contributed by atoms with van der Waals surface area (Å²) < 4.78 is 0. The van der Waals surface area contributed by atoms with Crippen LogP contribution in [0.5, 0.6) is 0 Å². The summed E-state index contributed by atoms with van der Waals surface area (Å²) in [5.41, 5.74) is 4.19. The number of fused-ring (bicyclic) bond motifs is 1. The Kier molecular flexibility index (Phi) is 5.21. The monoisotopic (exact) mass is 425 g/mol. The van der Waals surface area contributed by atoms with Crippen molar-refractivity contribution in [2.45, 2.75) is 38.6 Å². The van der Waals surface area contributed by atoms with Crippen molar-refractivity contribution in [2.24, 2.45) is 4.99 Å². The van der Waals surface area contributed by atoms with E-state index in [9.17, 15) is 4.79 Å². The number of benzene rings is 2. The summed E-state index contributed by atoms with van der Waals surface area (Å²) in [7, 11) is 2.12. The predicted molar refractivity (Wildman–Crippen MR) is 124 cm³/mol. The highest BCUT2D eigenvalue weighted by atomic mass is 35.5. The number of hydrogen-bond donors (Lipinski definition) is 1. The van der Waals surface area contributed by atoms with Crippen LogP contribution in [0.2, 0.25) is 5.02 Å². The first kappa shape index (κ1) is 20.0. The Balaban J connectivity index is 1.66. The molecule has 4 rings (SSSR count). The minimum absolute atomic E-state index is 0.0831. The van der Waals surface area contributed by atoms with Crippen molar-refractivity contribution < 1.29 is 4.79 Å². The Bertz CT molecular complexity index is 1030. The number of hydrogen-bond acceptors (Lipinski definition) is 4. The second-order valence-corrected chi connectivity index (χ2v) is 9.66. The van der Waals surface area contributed by atoms with E-state index in [4.69, 9.17) is 11.6 Å². The standard InChI is InChI=1S/C23H24ClN3OS/c1-14-13-23(2,3)27(4)19-12-18(24)15(10-17(14)19)11-20-21(28)26-22(29-20)25-16-8-6-5-7-9-16/h5-12,14H,13H2,1-4H3,(H,25,26,28)/b20-11-/t14-/m0/s1. The molecule has 2 aromatic carbocycles. The number of carbonyl (C=O) groups excluding carboxylic acids is 1. The number of nitrogens with one attached hydrogen (secondary N) is 1. The summed E-state index contributed by atoms with van der Waals surface area (Å²) in [5.74, 6) is 0.274. The fraction of sp³-hybridized carbons (Fsp3) is 0.304. The van der Waals surface area contributed by atoms with Crippen LogP contribution in [0.1, 0.15) is 44.2 Å². The van der Waals surface area contributed by atoms with Gasteiger partial charge in [-0.05, 0) is 79.4 Å². The molecule has 1 N–H and O–H groups in total. The summed E-state index contributed by atoms with van der Waals surface area (Å²) >= 11 is 7.95. The largest absolute Gasteiger partial charge is 0.369 e. The molecule has 1 amide bonds. The van der Waals surface area contributed by atoms with Crippen molar-refractivity contribution in [1.82, 2.24) is 5.32 Å². The quantitative estimate of drug-likeness (QED) is 0.604. The van der Waals surface area contributed by atoms with E-state index in [0.29, 0.717) is 21.0 Å². The van der Waals surface area contributed by atoms with Gasteiger partial charge in [-0.25, -0.2) is 4.99 Å². The maximum absolute atomic E-state index is 12.4. The van der Waals surface area contributed by atoms with Crippen LogP contribution in [0, 0.1) is 0 Å². The van der Waals surface area contributed by atoms with Crippen molar-refractivity contribution >= 4 is 51.9 Å². The maximum Gasteiger partial charge on any atom is 0.264 e. The third-order valence-corrected chi connectivity index (χ3v) is 6.91. The van der Waals surface area contributed by atoms with Gasteiger partial charge in [0.2, 0.25) is 0 Å². The van der Waals surface area contributed by atoms with Gasteiger partial charge in [-0.3, -0.25) is 4.79 Å². The van der Waals surface area contributed by atoms with Crippen LogP contribution in [0.25, 0.3) is 6.08 Å². The average Bonchev–Trinajstić information content (AvgIpc) is 3.00. The zero-order chi connectivity index (χ0) is 20.8. The average molecular weight is 426 g/mol. The van der Waals surface area contributed by atoms with Crippen LogP contribution < -0.4 is 10.2 Å². The van der Waals surface area contributed by atoms with E-state index in [0.717, 1.165) is 23.4 Å². The molecule has 0 radical (unpaired) electrons. The molecular formula is C23H24ClN3OS. The van der Waals surface area contributed by atoms with Gasteiger partial charge < -0.3 is 10.2 Å². The summed E-state index contributed by atoms with van der Waals surface area (Å²) in [6.07, 6.45) is 2.93. The number of carbonyl (C=O) groups is 1. The number of anilines is 1. The predicted octanol–water partition coefficient (Wildman–Crippen LogP) is 5.95. The minimum atomic E-state index is -0.148. The second-order valence-electron chi connectivity index (χ2n) is 8.23. The normalized spacial score (nSPS) is 23.4. The number of thioether (sulfide) groups is 1. The molecule has 2 aliphatic rings. The molecule has 0 unspecified atom stereocenters. The van der Waals surface area contributed by atoms with E-state index >= 15 is 0 Å². The van der Waals surface area contributed by atoms with E-state index in [-0.39, 0.29) is 11.4 Å². The third-order valence-electron chi connectivity index (χ3n) is 5.68. The molecule has 2 heterocycles. The van der Waals surface area contributed by atoms with Gasteiger partial charge in [-0.15, -0.1) is 0 Å². The molecule has 150 valence electrons. The molecule has 0 aliphatic carbocycles. The smallest absolute Gasteiger partial charge is 0.264 e. The molecular weight excluding hydrogens is 402 g/mol. The molecule has 0 bridgehead atoms.